The van der Waals surface area contributed by atoms with E-state index in [9.17, 15) is 4.79 Å². The molecule has 0 aliphatic rings. The Labute approximate surface area is 132 Å². The molecule has 0 aromatic heterocycles. The summed E-state index contributed by atoms with van der Waals surface area (Å²) < 4.78 is 5.15. The molecule has 118 valence electrons. The Balaban J connectivity index is 2.71. The molecule has 1 N–H and O–H groups in total. The molecule has 1 aromatic rings. The van der Waals surface area contributed by atoms with Crippen molar-refractivity contribution in [2.45, 2.75) is 26.8 Å². The summed E-state index contributed by atoms with van der Waals surface area (Å²) in [5, 5.41) is 3.89. The highest BCUT2D eigenvalue weighted by atomic mass is 35.5. The summed E-state index contributed by atoms with van der Waals surface area (Å²) in [7, 11) is 0. The number of nitrogens with zero attached hydrogens (tertiary/aromatic N) is 1. The third-order valence-electron chi connectivity index (χ3n) is 3.38. The van der Waals surface area contributed by atoms with Gasteiger partial charge in [-0.1, -0.05) is 37.6 Å². The molecule has 5 heteroatoms. The van der Waals surface area contributed by atoms with Crippen molar-refractivity contribution in [3.8, 4) is 0 Å². The number of hydrogen-bond acceptors (Lipinski definition) is 4. The van der Waals surface area contributed by atoms with Crippen LogP contribution in [0.2, 0.25) is 5.02 Å². The van der Waals surface area contributed by atoms with Gasteiger partial charge < -0.3 is 9.64 Å². The summed E-state index contributed by atoms with van der Waals surface area (Å²) in [5.41, 5.74) is 0.834. The zero-order chi connectivity index (χ0) is 15.7. The highest BCUT2D eigenvalue weighted by Crippen LogP contribution is 2.19. The highest BCUT2D eigenvalue weighted by molar-refractivity contribution is 6.30. The molecule has 21 heavy (non-hydrogen) atoms. The Morgan fingerprint density at radius 3 is 2.62 bits per heavy atom. The molecule has 0 spiro atoms. The van der Waals surface area contributed by atoms with Crippen molar-refractivity contribution in [3.63, 3.8) is 0 Å². The summed E-state index contributed by atoms with van der Waals surface area (Å²) in [4.78, 5) is 14.4. The average Bonchev–Trinajstić information content (AvgIpc) is 2.47. The van der Waals surface area contributed by atoms with Crippen molar-refractivity contribution < 1.29 is 9.53 Å². The third kappa shape index (κ3) is 6.04. The molecule has 0 saturated heterocycles. The molecule has 0 saturated carbocycles. The lowest BCUT2D eigenvalue weighted by atomic mass is 10.1. The number of halogens is 1. The zero-order valence-corrected chi connectivity index (χ0v) is 13.8. The molecule has 0 heterocycles. The summed E-state index contributed by atoms with van der Waals surface area (Å²) in [5.74, 6) is -0.265. The molecule has 1 aromatic carbocycles. The zero-order valence-electron chi connectivity index (χ0n) is 13.1. The fraction of sp³-hybridized carbons (Fsp3) is 0.562. The van der Waals surface area contributed by atoms with Gasteiger partial charge in [-0.15, -0.1) is 0 Å². The van der Waals surface area contributed by atoms with E-state index in [1.54, 1.807) is 12.1 Å². The van der Waals surface area contributed by atoms with Gasteiger partial charge in [-0.25, -0.2) is 4.79 Å². The van der Waals surface area contributed by atoms with Crippen LogP contribution in [0.1, 0.15) is 32.4 Å². The Bertz CT molecular complexity index is 436. The number of esters is 1. The molecule has 0 fully saturated rings. The fourth-order valence-electron chi connectivity index (χ4n) is 2.16. The molecule has 0 radical (unpaired) electrons. The van der Waals surface area contributed by atoms with Crippen molar-refractivity contribution in [2.24, 2.45) is 0 Å². The van der Waals surface area contributed by atoms with Gasteiger partial charge in [0.25, 0.3) is 0 Å². The van der Waals surface area contributed by atoms with Crippen LogP contribution in [0, 0.1) is 0 Å². The first-order chi connectivity index (χ1) is 10.1. The molecule has 0 bridgehead atoms. The van der Waals surface area contributed by atoms with E-state index in [4.69, 9.17) is 16.3 Å². The smallest absolute Gasteiger partial charge is 0.327 e. The number of hydrogen-bond donors (Lipinski definition) is 1. The van der Waals surface area contributed by atoms with E-state index in [0.717, 1.165) is 31.7 Å². The minimum absolute atomic E-state index is 0.265. The van der Waals surface area contributed by atoms with Crippen LogP contribution >= 0.6 is 11.6 Å². The van der Waals surface area contributed by atoms with Crippen LogP contribution in [-0.2, 0) is 9.53 Å². The number of ether oxygens (including phenoxy) is 1. The maximum atomic E-state index is 12.1. The number of carbonyl (C=O) groups is 1. The lowest BCUT2D eigenvalue weighted by Crippen LogP contribution is -2.37. The number of carbonyl (C=O) groups excluding carboxylic acids is 1. The second-order valence-corrected chi connectivity index (χ2v) is 5.16. The van der Waals surface area contributed by atoms with E-state index in [2.05, 4.69) is 24.1 Å². The van der Waals surface area contributed by atoms with Crippen molar-refractivity contribution >= 4 is 17.6 Å². The quantitative estimate of drug-likeness (QED) is 0.712. The van der Waals surface area contributed by atoms with E-state index in [-0.39, 0.29) is 5.97 Å². The Morgan fingerprint density at radius 2 is 2.05 bits per heavy atom. The summed E-state index contributed by atoms with van der Waals surface area (Å²) >= 11 is 6.01. The molecule has 1 atom stereocenters. The molecule has 4 nitrogen and oxygen atoms in total. The minimum Gasteiger partial charge on any atom is -0.465 e. The number of nitrogens with one attached hydrogen (secondary N) is 1. The van der Waals surface area contributed by atoms with Crippen LogP contribution in [0.5, 0.6) is 0 Å². The Hall–Kier alpha value is -1.10. The van der Waals surface area contributed by atoms with Crippen LogP contribution < -0.4 is 5.32 Å². The Morgan fingerprint density at radius 1 is 1.33 bits per heavy atom. The van der Waals surface area contributed by atoms with E-state index >= 15 is 0 Å². The van der Waals surface area contributed by atoms with Gasteiger partial charge in [-0.2, -0.15) is 0 Å². The lowest BCUT2D eigenvalue weighted by Gasteiger charge is -2.22. The van der Waals surface area contributed by atoms with Gasteiger partial charge >= 0.3 is 5.97 Å². The average molecular weight is 313 g/mol. The summed E-state index contributed by atoms with van der Waals surface area (Å²) in [6, 6.07) is 6.85. The van der Waals surface area contributed by atoms with Gasteiger partial charge in [-0.05, 0) is 37.7 Å². The maximum Gasteiger partial charge on any atom is 0.327 e. The van der Waals surface area contributed by atoms with E-state index in [1.807, 2.05) is 19.1 Å². The van der Waals surface area contributed by atoms with Gasteiger partial charge in [0.15, 0.2) is 0 Å². The van der Waals surface area contributed by atoms with Crippen LogP contribution in [0.25, 0.3) is 0 Å². The minimum atomic E-state index is -0.473. The maximum absolute atomic E-state index is 12.1. The molecule has 1 unspecified atom stereocenters. The predicted octanol–water partition coefficient (Wildman–Crippen LogP) is 2.88. The first-order valence-corrected chi connectivity index (χ1v) is 7.87. The van der Waals surface area contributed by atoms with Crippen molar-refractivity contribution in [3.05, 3.63) is 34.9 Å². The van der Waals surface area contributed by atoms with E-state index in [0.29, 0.717) is 11.6 Å². The monoisotopic (exact) mass is 312 g/mol. The third-order valence-corrected chi connectivity index (χ3v) is 3.61. The largest absolute Gasteiger partial charge is 0.465 e. The first kappa shape index (κ1) is 18.0. The van der Waals surface area contributed by atoms with E-state index in [1.165, 1.54) is 0 Å². The van der Waals surface area contributed by atoms with Gasteiger partial charge in [0.2, 0.25) is 0 Å². The normalized spacial score (nSPS) is 12.4. The standard InChI is InChI=1S/C16H25ClN2O2/c1-4-19(5-2)11-10-18-15(16(20)21-6-3)13-8-7-9-14(17)12-13/h7-9,12,15,18H,4-6,10-11H2,1-3H3. The van der Waals surface area contributed by atoms with Gasteiger partial charge in [-0.3, -0.25) is 5.32 Å². The molecular weight excluding hydrogens is 288 g/mol. The van der Waals surface area contributed by atoms with Gasteiger partial charge in [0.1, 0.15) is 6.04 Å². The summed E-state index contributed by atoms with van der Waals surface area (Å²) in [6.45, 7) is 10.0. The molecular formula is C16H25ClN2O2. The van der Waals surface area contributed by atoms with Crippen molar-refractivity contribution in [2.75, 3.05) is 32.8 Å². The van der Waals surface area contributed by atoms with Crippen LogP contribution in [0.4, 0.5) is 0 Å². The lowest BCUT2D eigenvalue weighted by molar-refractivity contribution is -0.145. The second kappa shape index (κ2) is 9.77. The SMILES string of the molecule is CCOC(=O)C(NCCN(CC)CC)c1cccc(Cl)c1. The molecule has 0 aliphatic heterocycles. The van der Waals surface area contributed by atoms with Crippen molar-refractivity contribution in [1.82, 2.24) is 10.2 Å². The Kier molecular flexibility index (Phi) is 8.35. The molecule has 0 aliphatic carbocycles. The highest BCUT2D eigenvalue weighted by Gasteiger charge is 2.21. The fourth-order valence-corrected chi connectivity index (χ4v) is 2.35. The predicted molar refractivity (Wildman–Crippen MR) is 86.6 cm³/mol. The number of benzene rings is 1. The van der Waals surface area contributed by atoms with Crippen LogP contribution in [0.3, 0.4) is 0 Å². The number of likely N-dealkylation sites (N-methyl/N-ethyl adjacent to an activating group) is 1. The van der Waals surface area contributed by atoms with Gasteiger partial charge in [0.05, 0.1) is 6.61 Å². The van der Waals surface area contributed by atoms with E-state index < -0.39 is 6.04 Å². The first-order valence-electron chi connectivity index (χ1n) is 7.50. The summed E-state index contributed by atoms with van der Waals surface area (Å²) in [6.07, 6.45) is 0. The van der Waals surface area contributed by atoms with Gasteiger partial charge in [0, 0.05) is 18.1 Å². The number of rotatable bonds is 9. The van der Waals surface area contributed by atoms with Crippen LogP contribution in [-0.4, -0.2) is 43.7 Å². The molecule has 0 amide bonds. The molecule has 1 rings (SSSR count). The second-order valence-electron chi connectivity index (χ2n) is 4.72. The topological polar surface area (TPSA) is 41.6 Å². The van der Waals surface area contributed by atoms with Crippen molar-refractivity contribution in [1.29, 1.82) is 0 Å². The van der Waals surface area contributed by atoms with Crippen LogP contribution in [0.15, 0.2) is 24.3 Å².